The third kappa shape index (κ3) is 3.11. The highest BCUT2D eigenvalue weighted by atomic mass is 16.2. The third-order valence-electron chi connectivity index (χ3n) is 4.91. The van der Waals surface area contributed by atoms with Gasteiger partial charge in [-0.1, -0.05) is 39.0 Å². The summed E-state index contributed by atoms with van der Waals surface area (Å²) in [5, 5.41) is 9.90. The first-order valence-electron chi connectivity index (χ1n) is 9.10. The van der Waals surface area contributed by atoms with Crippen LogP contribution in [0.1, 0.15) is 44.1 Å². The summed E-state index contributed by atoms with van der Waals surface area (Å²) in [4.78, 5) is 25.4. The molecule has 6 nitrogen and oxygen atoms in total. The van der Waals surface area contributed by atoms with E-state index in [2.05, 4.69) is 31.2 Å². The molecule has 1 aliphatic carbocycles. The summed E-state index contributed by atoms with van der Waals surface area (Å²) in [5.74, 6) is -0.381. The first-order valence-corrected chi connectivity index (χ1v) is 9.10. The van der Waals surface area contributed by atoms with E-state index in [9.17, 15) is 9.59 Å². The number of para-hydroxylation sites is 1. The van der Waals surface area contributed by atoms with E-state index < -0.39 is 0 Å². The molecule has 1 aromatic carbocycles. The molecule has 0 spiro atoms. The number of hydrogen-bond acceptors (Lipinski definition) is 3. The zero-order valence-corrected chi connectivity index (χ0v) is 15.5. The largest absolute Gasteiger partial charge is 0.352 e. The molecular weight excluding hydrogens is 328 g/mol. The van der Waals surface area contributed by atoms with Crippen LogP contribution in [0.25, 0.3) is 10.9 Å². The molecule has 2 amide bonds. The van der Waals surface area contributed by atoms with E-state index in [1.165, 1.54) is 5.01 Å². The normalized spacial score (nSPS) is 17.7. The summed E-state index contributed by atoms with van der Waals surface area (Å²) in [7, 11) is 0. The Hall–Kier alpha value is -2.63. The fourth-order valence-corrected chi connectivity index (χ4v) is 3.19. The van der Waals surface area contributed by atoms with Crippen LogP contribution in [0, 0.1) is 5.41 Å². The highest BCUT2D eigenvalue weighted by Gasteiger charge is 2.32. The summed E-state index contributed by atoms with van der Waals surface area (Å²) in [5.41, 5.74) is 2.26. The molecule has 0 atom stereocenters. The van der Waals surface area contributed by atoms with Crippen LogP contribution in [-0.4, -0.2) is 39.7 Å². The average Bonchev–Trinajstić information content (AvgIpc) is 3.32. The Morgan fingerprint density at radius 3 is 2.69 bits per heavy atom. The van der Waals surface area contributed by atoms with Crippen molar-refractivity contribution in [3.8, 4) is 0 Å². The Balaban J connectivity index is 1.75. The number of benzene rings is 1. The molecule has 2 aliphatic rings. The van der Waals surface area contributed by atoms with Crippen LogP contribution < -0.4 is 5.32 Å². The van der Waals surface area contributed by atoms with E-state index in [1.807, 2.05) is 34.9 Å². The molecule has 2 heterocycles. The maximum absolute atomic E-state index is 13.1. The maximum atomic E-state index is 13.1. The van der Waals surface area contributed by atoms with E-state index in [4.69, 9.17) is 0 Å². The third-order valence-corrected chi connectivity index (χ3v) is 4.91. The number of rotatable bonds is 3. The molecule has 1 fully saturated rings. The fraction of sp³-hybridized carbons (Fsp3) is 0.450. The van der Waals surface area contributed by atoms with Crippen molar-refractivity contribution in [3.63, 3.8) is 0 Å². The van der Waals surface area contributed by atoms with Crippen LogP contribution in [-0.2, 0) is 11.3 Å². The van der Waals surface area contributed by atoms with E-state index in [-0.39, 0.29) is 29.8 Å². The predicted molar refractivity (Wildman–Crippen MR) is 101 cm³/mol. The molecule has 0 bridgehead atoms. The molecule has 2 aromatic rings. The topological polar surface area (TPSA) is 66.7 Å². The molecule has 0 radical (unpaired) electrons. The monoisotopic (exact) mass is 352 g/mol. The zero-order valence-electron chi connectivity index (χ0n) is 15.5. The quantitative estimate of drug-likeness (QED) is 0.923. The Morgan fingerprint density at radius 2 is 2.00 bits per heavy atom. The van der Waals surface area contributed by atoms with Crippen LogP contribution in [0.15, 0.2) is 35.4 Å². The van der Waals surface area contributed by atoms with Gasteiger partial charge in [0.15, 0.2) is 0 Å². The number of nitrogens with zero attached hydrogens (tertiary/aromatic N) is 3. The summed E-state index contributed by atoms with van der Waals surface area (Å²) in [6.45, 7) is 6.73. The van der Waals surface area contributed by atoms with Crippen LogP contribution in [0.5, 0.6) is 0 Å². The lowest BCUT2D eigenvalue weighted by atomic mass is 9.90. The highest BCUT2D eigenvalue weighted by Crippen LogP contribution is 2.27. The molecule has 1 saturated carbocycles. The number of nitrogens with one attached hydrogen (secondary N) is 1. The minimum Gasteiger partial charge on any atom is -0.352 e. The van der Waals surface area contributed by atoms with Gasteiger partial charge in [0.1, 0.15) is 12.2 Å². The van der Waals surface area contributed by atoms with Crippen LogP contribution in [0.4, 0.5) is 0 Å². The lowest BCUT2D eigenvalue weighted by molar-refractivity contribution is -0.121. The van der Waals surface area contributed by atoms with Crippen molar-refractivity contribution in [2.24, 2.45) is 10.5 Å². The van der Waals surface area contributed by atoms with Crippen molar-refractivity contribution in [2.75, 3.05) is 6.54 Å². The van der Waals surface area contributed by atoms with Crippen molar-refractivity contribution < 1.29 is 9.59 Å². The first-order chi connectivity index (χ1) is 12.3. The van der Waals surface area contributed by atoms with Gasteiger partial charge in [-0.25, -0.2) is 5.01 Å². The molecule has 6 heteroatoms. The van der Waals surface area contributed by atoms with E-state index in [0.29, 0.717) is 12.2 Å². The molecule has 4 rings (SSSR count). The Labute approximate surface area is 152 Å². The van der Waals surface area contributed by atoms with Crippen LogP contribution in [0.2, 0.25) is 0 Å². The Bertz CT molecular complexity index is 916. The lowest BCUT2D eigenvalue weighted by Crippen LogP contribution is -2.39. The number of aromatic nitrogens is 1. The lowest BCUT2D eigenvalue weighted by Gasteiger charge is -2.23. The number of hydrogen-bond donors (Lipinski definition) is 1. The maximum Gasteiger partial charge on any atom is 0.291 e. The minimum absolute atomic E-state index is 0.0452. The van der Waals surface area contributed by atoms with Gasteiger partial charge >= 0.3 is 0 Å². The molecule has 136 valence electrons. The van der Waals surface area contributed by atoms with Gasteiger partial charge in [0.2, 0.25) is 5.91 Å². The average molecular weight is 352 g/mol. The number of fused-ring (bicyclic) bond motifs is 3. The van der Waals surface area contributed by atoms with Crippen molar-refractivity contribution in [1.82, 2.24) is 14.9 Å². The van der Waals surface area contributed by atoms with E-state index in [1.54, 1.807) is 0 Å². The van der Waals surface area contributed by atoms with Crippen molar-refractivity contribution in [2.45, 2.75) is 46.2 Å². The van der Waals surface area contributed by atoms with Gasteiger partial charge in [-0.3, -0.25) is 9.59 Å². The van der Waals surface area contributed by atoms with E-state index >= 15 is 0 Å². The minimum atomic E-state index is -0.230. The fourth-order valence-electron chi connectivity index (χ4n) is 3.19. The summed E-state index contributed by atoms with van der Waals surface area (Å²) in [6.07, 6.45) is 2.04. The van der Waals surface area contributed by atoms with Gasteiger partial charge in [0.05, 0.1) is 12.3 Å². The second kappa shape index (κ2) is 5.97. The SMILES string of the molecule is CC(C)(C)C1=NN(CC(=O)NC2CC2)C(=O)c2cc3ccccc3n2C1. The van der Waals surface area contributed by atoms with Gasteiger partial charge in [-0.15, -0.1) is 0 Å². The molecule has 1 N–H and O–H groups in total. The second-order valence-corrected chi connectivity index (χ2v) is 8.18. The van der Waals surface area contributed by atoms with Crippen LogP contribution in [0.3, 0.4) is 0 Å². The molecule has 1 aliphatic heterocycles. The Morgan fingerprint density at radius 1 is 1.27 bits per heavy atom. The van der Waals surface area contributed by atoms with Gasteiger partial charge in [-0.2, -0.15) is 5.10 Å². The first kappa shape index (κ1) is 16.8. The van der Waals surface area contributed by atoms with Gasteiger partial charge in [-0.05, 0) is 25.0 Å². The van der Waals surface area contributed by atoms with Gasteiger partial charge in [0, 0.05) is 22.4 Å². The summed E-state index contributed by atoms with van der Waals surface area (Å²) < 4.78 is 2.01. The number of hydrazone groups is 1. The molecule has 0 saturated heterocycles. The summed E-state index contributed by atoms with van der Waals surface area (Å²) in [6, 6.07) is 10.1. The zero-order chi connectivity index (χ0) is 18.5. The summed E-state index contributed by atoms with van der Waals surface area (Å²) >= 11 is 0. The Kier molecular flexibility index (Phi) is 3.86. The second-order valence-electron chi connectivity index (χ2n) is 8.18. The molecule has 1 aromatic heterocycles. The number of carbonyl (C=O) groups is 2. The van der Waals surface area contributed by atoms with Gasteiger partial charge < -0.3 is 9.88 Å². The molecule has 26 heavy (non-hydrogen) atoms. The van der Waals surface area contributed by atoms with Crippen molar-refractivity contribution >= 4 is 28.4 Å². The van der Waals surface area contributed by atoms with E-state index in [0.717, 1.165) is 29.5 Å². The van der Waals surface area contributed by atoms with Crippen molar-refractivity contribution in [3.05, 3.63) is 36.0 Å². The number of carbonyl (C=O) groups excluding carboxylic acids is 2. The van der Waals surface area contributed by atoms with Crippen molar-refractivity contribution in [1.29, 1.82) is 0 Å². The standard InChI is InChI=1S/C20H24N4O2/c1-20(2,3)17-11-23-15-7-5-4-6-13(15)10-16(23)19(26)24(22-17)12-18(25)21-14-8-9-14/h4-7,10,14H,8-9,11-12H2,1-3H3,(H,21,25). The van der Waals surface area contributed by atoms with Crippen LogP contribution >= 0.6 is 0 Å². The highest BCUT2D eigenvalue weighted by molar-refractivity contribution is 6.03. The predicted octanol–water partition coefficient (Wildman–Crippen LogP) is 2.78. The smallest absolute Gasteiger partial charge is 0.291 e. The number of amides is 2. The molecular formula is C20H24N4O2. The van der Waals surface area contributed by atoms with Gasteiger partial charge in [0.25, 0.3) is 5.91 Å². The molecule has 0 unspecified atom stereocenters.